The van der Waals surface area contributed by atoms with Gasteiger partial charge in [-0.2, -0.15) is 0 Å². The van der Waals surface area contributed by atoms with Gasteiger partial charge < -0.3 is 10.1 Å². The van der Waals surface area contributed by atoms with Crippen LogP contribution in [0.15, 0.2) is 18.6 Å². The minimum atomic E-state index is 0.158. The maximum Gasteiger partial charge on any atom is 0.115 e. The first-order valence-electron chi connectivity index (χ1n) is 5.85. The molecule has 0 spiro atoms. The Kier molecular flexibility index (Phi) is 5.96. The maximum atomic E-state index is 5.63. The number of nitrogens with one attached hydrogen (secondary N) is 1. The minimum absolute atomic E-state index is 0.158. The van der Waals surface area contributed by atoms with E-state index in [-0.39, 0.29) is 12.1 Å². The molecule has 0 radical (unpaired) electrons. The molecule has 1 heterocycles. The van der Waals surface area contributed by atoms with Gasteiger partial charge in [-0.3, -0.25) is 0 Å². The normalized spacial score (nSPS) is 13.0. The van der Waals surface area contributed by atoms with Crippen molar-refractivity contribution in [2.45, 2.75) is 39.3 Å². The molecule has 1 unspecified atom stereocenters. The van der Waals surface area contributed by atoms with E-state index in [4.69, 9.17) is 4.74 Å². The third-order valence-corrected chi connectivity index (χ3v) is 2.20. The zero-order valence-electron chi connectivity index (χ0n) is 10.3. The van der Waals surface area contributed by atoms with Gasteiger partial charge in [0.15, 0.2) is 0 Å². The van der Waals surface area contributed by atoms with Crippen molar-refractivity contribution in [2.75, 3.05) is 13.2 Å². The minimum Gasteiger partial charge on any atom is -0.377 e. The fraction of sp³-hybridized carbons (Fsp3) is 0.667. The monoisotopic (exact) mass is 223 g/mol. The van der Waals surface area contributed by atoms with Gasteiger partial charge in [0.1, 0.15) is 6.33 Å². The van der Waals surface area contributed by atoms with Crippen molar-refractivity contribution in [1.29, 1.82) is 0 Å². The molecule has 1 aromatic rings. The molecule has 0 aromatic carbocycles. The number of ether oxygens (including phenoxy) is 1. The Labute approximate surface area is 97.5 Å². The summed E-state index contributed by atoms with van der Waals surface area (Å²) in [6.45, 7) is 7.84. The van der Waals surface area contributed by atoms with Gasteiger partial charge in [0.2, 0.25) is 0 Å². The van der Waals surface area contributed by atoms with E-state index >= 15 is 0 Å². The SMILES string of the molecule is CCCNC(COC(C)C)c1ccncn1. The average molecular weight is 223 g/mol. The molecule has 4 heteroatoms. The molecule has 0 aliphatic rings. The number of hydrogen-bond donors (Lipinski definition) is 1. The van der Waals surface area contributed by atoms with Crippen LogP contribution in [-0.2, 0) is 4.74 Å². The van der Waals surface area contributed by atoms with Gasteiger partial charge in [-0.15, -0.1) is 0 Å². The van der Waals surface area contributed by atoms with E-state index in [1.807, 2.05) is 19.9 Å². The molecule has 0 aliphatic carbocycles. The highest BCUT2D eigenvalue weighted by atomic mass is 16.5. The average Bonchev–Trinajstić information content (AvgIpc) is 2.30. The van der Waals surface area contributed by atoms with Crippen LogP contribution in [0.4, 0.5) is 0 Å². The van der Waals surface area contributed by atoms with Crippen LogP contribution in [0.1, 0.15) is 38.9 Å². The van der Waals surface area contributed by atoms with Gasteiger partial charge in [0, 0.05) is 6.20 Å². The molecule has 0 amide bonds. The van der Waals surface area contributed by atoms with Gasteiger partial charge in [-0.25, -0.2) is 9.97 Å². The van der Waals surface area contributed by atoms with Crippen LogP contribution < -0.4 is 5.32 Å². The van der Waals surface area contributed by atoms with Crippen LogP contribution in [0.3, 0.4) is 0 Å². The summed E-state index contributed by atoms with van der Waals surface area (Å²) in [5.41, 5.74) is 0.990. The molecule has 0 bridgehead atoms. The Balaban J connectivity index is 2.56. The number of aromatic nitrogens is 2. The molecule has 1 rings (SSSR count). The molecular formula is C12H21N3O. The van der Waals surface area contributed by atoms with Crippen molar-refractivity contribution < 1.29 is 4.74 Å². The third kappa shape index (κ3) is 4.68. The first-order valence-corrected chi connectivity index (χ1v) is 5.85. The Bertz CT molecular complexity index is 277. The molecular weight excluding hydrogens is 202 g/mol. The summed E-state index contributed by atoms with van der Waals surface area (Å²) < 4.78 is 5.63. The lowest BCUT2D eigenvalue weighted by Gasteiger charge is -2.19. The van der Waals surface area contributed by atoms with Crippen molar-refractivity contribution in [3.63, 3.8) is 0 Å². The first-order chi connectivity index (χ1) is 7.74. The van der Waals surface area contributed by atoms with E-state index in [1.54, 1.807) is 12.5 Å². The van der Waals surface area contributed by atoms with E-state index < -0.39 is 0 Å². The Morgan fingerprint density at radius 2 is 2.25 bits per heavy atom. The first kappa shape index (κ1) is 13.1. The van der Waals surface area contributed by atoms with Crippen molar-refractivity contribution in [3.05, 3.63) is 24.3 Å². The second kappa shape index (κ2) is 7.30. The summed E-state index contributed by atoms with van der Waals surface area (Å²) in [6.07, 6.45) is 4.68. The van der Waals surface area contributed by atoms with E-state index in [1.165, 1.54) is 0 Å². The lowest BCUT2D eigenvalue weighted by Crippen LogP contribution is -2.28. The van der Waals surface area contributed by atoms with Gasteiger partial charge in [-0.1, -0.05) is 6.92 Å². The van der Waals surface area contributed by atoms with Crippen LogP contribution in [0.2, 0.25) is 0 Å². The van der Waals surface area contributed by atoms with Crippen molar-refractivity contribution in [2.24, 2.45) is 0 Å². The zero-order valence-corrected chi connectivity index (χ0v) is 10.3. The van der Waals surface area contributed by atoms with Gasteiger partial charge in [-0.05, 0) is 32.9 Å². The second-order valence-corrected chi connectivity index (χ2v) is 4.02. The van der Waals surface area contributed by atoms with Crippen molar-refractivity contribution in [1.82, 2.24) is 15.3 Å². The summed E-state index contributed by atoms with van der Waals surface area (Å²) in [5, 5.41) is 3.43. The highest BCUT2D eigenvalue weighted by Gasteiger charge is 2.12. The Hall–Kier alpha value is -1.00. The fourth-order valence-electron chi connectivity index (χ4n) is 1.36. The number of hydrogen-bond acceptors (Lipinski definition) is 4. The molecule has 16 heavy (non-hydrogen) atoms. The number of nitrogens with zero attached hydrogens (tertiary/aromatic N) is 2. The summed E-state index contributed by atoms with van der Waals surface area (Å²) in [5.74, 6) is 0. The molecule has 1 aromatic heterocycles. The van der Waals surface area contributed by atoms with Gasteiger partial charge >= 0.3 is 0 Å². The van der Waals surface area contributed by atoms with E-state index in [2.05, 4.69) is 22.2 Å². The van der Waals surface area contributed by atoms with Crippen LogP contribution in [0, 0.1) is 0 Å². The molecule has 0 fully saturated rings. The lowest BCUT2D eigenvalue weighted by molar-refractivity contribution is 0.0603. The quantitative estimate of drug-likeness (QED) is 0.767. The molecule has 4 nitrogen and oxygen atoms in total. The maximum absolute atomic E-state index is 5.63. The molecule has 90 valence electrons. The van der Waals surface area contributed by atoms with Crippen LogP contribution >= 0.6 is 0 Å². The Morgan fingerprint density at radius 3 is 2.81 bits per heavy atom. The highest BCUT2D eigenvalue weighted by Crippen LogP contribution is 2.10. The molecule has 1 N–H and O–H groups in total. The highest BCUT2D eigenvalue weighted by molar-refractivity contribution is 5.04. The van der Waals surface area contributed by atoms with E-state index in [9.17, 15) is 0 Å². The van der Waals surface area contributed by atoms with Gasteiger partial charge in [0.25, 0.3) is 0 Å². The van der Waals surface area contributed by atoms with Crippen LogP contribution in [-0.4, -0.2) is 29.2 Å². The topological polar surface area (TPSA) is 47.0 Å². The van der Waals surface area contributed by atoms with Crippen molar-refractivity contribution in [3.8, 4) is 0 Å². The fourth-order valence-corrected chi connectivity index (χ4v) is 1.36. The summed E-state index contributed by atoms with van der Waals surface area (Å²) in [4.78, 5) is 8.18. The Morgan fingerprint density at radius 1 is 1.44 bits per heavy atom. The number of rotatable bonds is 7. The van der Waals surface area contributed by atoms with E-state index in [0.29, 0.717) is 6.61 Å². The molecule has 0 aliphatic heterocycles. The van der Waals surface area contributed by atoms with Crippen molar-refractivity contribution >= 4 is 0 Å². The predicted octanol–water partition coefficient (Wildman–Crippen LogP) is 1.94. The van der Waals surface area contributed by atoms with Crippen LogP contribution in [0.25, 0.3) is 0 Å². The largest absolute Gasteiger partial charge is 0.377 e. The second-order valence-electron chi connectivity index (χ2n) is 4.02. The predicted molar refractivity (Wildman–Crippen MR) is 64.2 cm³/mol. The third-order valence-electron chi connectivity index (χ3n) is 2.20. The zero-order chi connectivity index (χ0) is 11.8. The summed E-state index contributed by atoms with van der Waals surface area (Å²) >= 11 is 0. The van der Waals surface area contributed by atoms with E-state index in [0.717, 1.165) is 18.7 Å². The summed E-state index contributed by atoms with van der Waals surface area (Å²) in [7, 11) is 0. The van der Waals surface area contributed by atoms with Crippen LogP contribution in [0.5, 0.6) is 0 Å². The smallest absolute Gasteiger partial charge is 0.115 e. The van der Waals surface area contributed by atoms with Gasteiger partial charge in [0.05, 0.1) is 24.4 Å². The molecule has 0 saturated carbocycles. The summed E-state index contributed by atoms with van der Waals surface area (Å²) in [6, 6.07) is 2.09. The standard InChI is InChI=1S/C12H21N3O/c1-4-6-14-12(8-16-10(2)3)11-5-7-13-9-15-11/h5,7,9-10,12,14H,4,6,8H2,1-3H3. The molecule has 1 atom stereocenters. The molecule has 0 saturated heterocycles. The lowest BCUT2D eigenvalue weighted by atomic mass is 10.2.